The zero-order valence-corrected chi connectivity index (χ0v) is 20.4. The van der Waals surface area contributed by atoms with Crippen molar-refractivity contribution in [1.29, 1.82) is 0 Å². The van der Waals surface area contributed by atoms with Gasteiger partial charge in [0.1, 0.15) is 4.88 Å². The van der Waals surface area contributed by atoms with Crippen LogP contribution in [0.4, 0.5) is 10.8 Å². The highest BCUT2D eigenvalue weighted by Gasteiger charge is 2.22. The Balaban J connectivity index is 1.63. The second kappa shape index (κ2) is 9.24. The second-order valence-electron chi connectivity index (χ2n) is 8.48. The van der Waals surface area contributed by atoms with Gasteiger partial charge in [-0.2, -0.15) is 0 Å². The molecule has 0 radical (unpaired) electrons. The van der Waals surface area contributed by atoms with Crippen molar-refractivity contribution in [3.63, 3.8) is 0 Å². The minimum atomic E-state index is -0.107. The van der Waals surface area contributed by atoms with Gasteiger partial charge in [0.2, 0.25) is 0 Å². The number of aryl methyl sites for hydroxylation is 1. The van der Waals surface area contributed by atoms with Crippen LogP contribution in [0, 0.1) is 6.92 Å². The summed E-state index contributed by atoms with van der Waals surface area (Å²) in [5.41, 5.74) is 5.13. The Labute approximate surface area is 212 Å². The Kier molecular flexibility index (Phi) is 5.64. The Morgan fingerprint density at radius 2 is 1.42 bits per heavy atom. The second-order valence-corrected chi connectivity index (χ2v) is 9.48. The van der Waals surface area contributed by atoms with Crippen LogP contribution in [0.25, 0.3) is 38.5 Å². The van der Waals surface area contributed by atoms with Crippen molar-refractivity contribution >= 4 is 33.1 Å². The average Bonchev–Trinajstić information content (AvgIpc) is 3.34. The number of anilines is 2. The molecule has 0 unspecified atom stereocenters. The third-order valence-corrected chi connectivity index (χ3v) is 6.94. The van der Waals surface area contributed by atoms with E-state index >= 15 is 0 Å². The molecule has 4 aromatic carbocycles. The van der Waals surface area contributed by atoms with Gasteiger partial charge in [0.05, 0.1) is 22.3 Å². The third kappa shape index (κ3) is 4.08. The van der Waals surface area contributed by atoms with Crippen LogP contribution >= 0.6 is 11.3 Å². The van der Waals surface area contributed by atoms with Crippen LogP contribution in [-0.4, -0.2) is 14.5 Å². The lowest BCUT2D eigenvalue weighted by Gasteiger charge is -2.14. The van der Waals surface area contributed by atoms with E-state index in [0.29, 0.717) is 16.7 Å². The van der Waals surface area contributed by atoms with Gasteiger partial charge >= 0.3 is 0 Å². The van der Waals surface area contributed by atoms with E-state index in [1.54, 1.807) is 4.57 Å². The third-order valence-electron chi connectivity index (χ3n) is 5.97. The number of aromatic nitrogens is 3. The number of hydrogen-bond acceptors (Lipinski definition) is 5. The van der Waals surface area contributed by atoms with Crippen LogP contribution in [0.2, 0.25) is 0 Å². The van der Waals surface area contributed by atoms with Gasteiger partial charge in [-0.1, -0.05) is 89.7 Å². The number of hydrogen-bond donors (Lipinski definition) is 1. The molecule has 0 amide bonds. The van der Waals surface area contributed by atoms with Crippen molar-refractivity contribution < 1.29 is 0 Å². The first-order chi connectivity index (χ1) is 17.7. The van der Waals surface area contributed by atoms with Gasteiger partial charge in [-0.25, -0.2) is 9.97 Å². The van der Waals surface area contributed by atoms with Gasteiger partial charge in [0, 0.05) is 11.3 Å². The van der Waals surface area contributed by atoms with Crippen LogP contribution in [0.1, 0.15) is 5.56 Å². The lowest BCUT2D eigenvalue weighted by atomic mass is 10.1. The van der Waals surface area contributed by atoms with Gasteiger partial charge in [0.15, 0.2) is 11.0 Å². The molecule has 0 bridgehead atoms. The first kappa shape index (κ1) is 21.9. The molecule has 6 rings (SSSR count). The molecule has 5 nitrogen and oxygen atoms in total. The molecule has 6 aromatic rings. The molecule has 0 saturated heterocycles. The summed E-state index contributed by atoms with van der Waals surface area (Å²) < 4.78 is 1.70. The average molecular weight is 487 g/mol. The smallest absolute Gasteiger partial charge is 0.266 e. The molecule has 2 aromatic heterocycles. The van der Waals surface area contributed by atoms with Crippen molar-refractivity contribution in [3.05, 3.63) is 125 Å². The van der Waals surface area contributed by atoms with E-state index < -0.39 is 0 Å². The van der Waals surface area contributed by atoms with Crippen molar-refractivity contribution in [2.24, 2.45) is 0 Å². The summed E-state index contributed by atoms with van der Waals surface area (Å²) in [6, 6.07) is 35.4. The topological polar surface area (TPSA) is 59.8 Å². The molecule has 174 valence electrons. The Morgan fingerprint density at radius 1 is 0.750 bits per heavy atom. The van der Waals surface area contributed by atoms with Gasteiger partial charge in [-0.05, 0) is 43.3 Å². The highest BCUT2D eigenvalue weighted by molar-refractivity contribution is 7.19. The minimum absolute atomic E-state index is 0.107. The zero-order chi connectivity index (χ0) is 24.5. The van der Waals surface area contributed by atoms with E-state index in [1.807, 2.05) is 116 Å². The van der Waals surface area contributed by atoms with Crippen molar-refractivity contribution in [2.75, 3.05) is 5.32 Å². The molecule has 2 heterocycles. The molecule has 0 aliphatic rings. The van der Waals surface area contributed by atoms with E-state index in [9.17, 15) is 4.79 Å². The lowest BCUT2D eigenvalue weighted by Crippen LogP contribution is -2.21. The molecule has 0 aliphatic carbocycles. The predicted molar refractivity (Wildman–Crippen MR) is 148 cm³/mol. The Bertz CT molecular complexity index is 1720. The maximum Gasteiger partial charge on any atom is 0.266 e. The van der Waals surface area contributed by atoms with Gasteiger partial charge in [-0.15, -0.1) is 0 Å². The quantitative estimate of drug-likeness (QED) is 0.279. The SMILES string of the molecule is Cc1ccc(-n2c(-c3sc(Nc4ccccc4)nc3-c3ccccc3)nc3ccccc3c2=O)cc1. The first-order valence-corrected chi connectivity index (χ1v) is 12.5. The van der Waals surface area contributed by atoms with Crippen LogP contribution in [-0.2, 0) is 0 Å². The number of thiazole rings is 1. The molecule has 6 heteroatoms. The van der Waals surface area contributed by atoms with Crippen LogP contribution in [0.5, 0.6) is 0 Å². The Morgan fingerprint density at radius 3 is 2.17 bits per heavy atom. The summed E-state index contributed by atoms with van der Waals surface area (Å²) in [7, 11) is 0. The molecule has 0 aliphatic heterocycles. The summed E-state index contributed by atoms with van der Waals surface area (Å²) >= 11 is 1.49. The van der Waals surface area contributed by atoms with E-state index in [1.165, 1.54) is 11.3 Å². The molecule has 0 fully saturated rings. The summed E-state index contributed by atoms with van der Waals surface area (Å²) in [6.45, 7) is 2.03. The van der Waals surface area contributed by atoms with Gasteiger partial charge in [-0.3, -0.25) is 9.36 Å². The maximum atomic E-state index is 13.8. The van der Waals surface area contributed by atoms with Crippen LogP contribution in [0.15, 0.2) is 114 Å². The molecular formula is C30H22N4OS. The number of benzene rings is 4. The Hall–Kier alpha value is -4.55. The van der Waals surface area contributed by atoms with Gasteiger partial charge < -0.3 is 5.32 Å². The van der Waals surface area contributed by atoms with Crippen molar-refractivity contribution in [3.8, 4) is 27.6 Å². The molecule has 0 saturated carbocycles. The lowest BCUT2D eigenvalue weighted by molar-refractivity contribution is 0.978. The molecular weight excluding hydrogens is 464 g/mol. The van der Waals surface area contributed by atoms with Crippen LogP contribution in [0.3, 0.4) is 0 Å². The fourth-order valence-corrected chi connectivity index (χ4v) is 5.17. The molecule has 0 spiro atoms. The summed E-state index contributed by atoms with van der Waals surface area (Å²) in [6.07, 6.45) is 0. The van der Waals surface area contributed by atoms with Gasteiger partial charge in [0.25, 0.3) is 5.56 Å². The fourth-order valence-electron chi connectivity index (χ4n) is 4.18. The fraction of sp³-hybridized carbons (Fsp3) is 0.0333. The number of fused-ring (bicyclic) bond motifs is 1. The molecule has 36 heavy (non-hydrogen) atoms. The standard InChI is InChI=1S/C30H22N4OS/c1-20-16-18-23(19-17-20)34-28(32-25-15-9-8-14-24(25)29(34)35)27-26(21-10-4-2-5-11-21)33-30(36-27)31-22-12-6-3-7-13-22/h2-19H,1H3,(H,31,33). The van der Waals surface area contributed by atoms with Crippen molar-refractivity contribution in [2.45, 2.75) is 6.92 Å². The van der Waals surface area contributed by atoms with E-state index in [-0.39, 0.29) is 5.56 Å². The summed E-state index contributed by atoms with van der Waals surface area (Å²) in [5.74, 6) is 0.569. The van der Waals surface area contributed by atoms with E-state index in [4.69, 9.17) is 9.97 Å². The monoisotopic (exact) mass is 486 g/mol. The normalized spacial score (nSPS) is 11.0. The minimum Gasteiger partial charge on any atom is -0.332 e. The highest BCUT2D eigenvalue weighted by Crippen LogP contribution is 2.40. The highest BCUT2D eigenvalue weighted by atomic mass is 32.1. The number of nitrogens with zero attached hydrogens (tertiary/aromatic N) is 3. The number of rotatable bonds is 5. The molecule has 1 N–H and O–H groups in total. The largest absolute Gasteiger partial charge is 0.332 e. The van der Waals surface area contributed by atoms with E-state index in [2.05, 4.69) is 5.32 Å². The van der Waals surface area contributed by atoms with E-state index in [0.717, 1.165) is 38.2 Å². The number of nitrogens with one attached hydrogen (secondary N) is 1. The zero-order valence-electron chi connectivity index (χ0n) is 19.6. The summed E-state index contributed by atoms with van der Waals surface area (Å²) in [4.78, 5) is 24.6. The first-order valence-electron chi connectivity index (χ1n) is 11.6. The van der Waals surface area contributed by atoms with Crippen molar-refractivity contribution in [1.82, 2.24) is 14.5 Å². The maximum absolute atomic E-state index is 13.8. The predicted octanol–water partition coefficient (Wildman–Crippen LogP) is 7.23. The van der Waals surface area contributed by atoms with Crippen LogP contribution < -0.4 is 10.9 Å². The number of para-hydroxylation sites is 2. The molecule has 0 atom stereocenters. The summed E-state index contributed by atoms with van der Waals surface area (Å²) in [5, 5.41) is 4.72.